The number of methoxy groups -OCH3 is 1. The third kappa shape index (κ3) is 2.46. The van der Waals surface area contributed by atoms with E-state index in [9.17, 15) is 0 Å². The van der Waals surface area contributed by atoms with Gasteiger partial charge in [-0.25, -0.2) is 0 Å². The molecule has 6 heteroatoms. The van der Waals surface area contributed by atoms with Crippen molar-refractivity contribution < 1.29 is 9.26 Å². The van der Waals surface area contributed by atoms with Crippen molar-refractivity contribution in [2.24, 2.45) is 0 Å². The third-order valence-electron chi connectivity index (χ3n) is 1.98. The summed E-state index contributed by atoms with van der Waals surface area (Å²) < 4.78 is 10.0. The minimum atomic E-state index is 0.576. The van der Waals surface area contributed by atoms with Crippen molar-refractivity contribution in [3.63, 3.8) is 0 Å². The summed E-state index contributed by atoms with van der Waals surface area (Å²) in [5.74, 6) is 1.95. The number of rotatable bonds is 4. The zero-order valence-corrected chi connectivity index (χ0v) is 9.53. The maximum absolute atomic E-state index is 5.84. The van der Waals surface area contributed by atoms with Crippen LogP contribution in [0, 0.1) is 0 Å². The van der Waals surface area contributed by atoms with Crippen LogP contribution in [0.3, 0.4) is 0 Å². The quantitative estimate of drug-likeness (QED) is 0.647. The van der Waals surface area contributed by atoms with E-state index in [4.69, 9.17) is 15.0 Å². The SMILES string of the molecule is COc1ccc(N)c(SCc2ncno2)c1. The van der Waals surface area contributed by atoms with Crippen LogP contribution < -0.4 is 10.5 Å². The maximum atomic E-state index is 5.84. The molecule has 1 aromatic carbocycles. The molecule has 2 N–H and O–H groups in total. The molecule has 0 unspecified atom stereocenters. The molecule has 0 fully saturated rings. The Balaban J connectivity index is 2.08. The van der Waals surface area contributed by atoms with E-state index in [-0.39, 0.29) is 0 Å². The van der Waals surface area contributed by atoms with Crippen molar-refractivity contribution in [3.8, 4) is 5.75 Å². The van der Waals surface area contributed by atoms with E-state index >= 15 is 0 Å². The van der Waals surface area contributed by atoms with Crippen LogP contribution in [0.1, 0.15) is 5.89 Å². The average Bonchev–Trinajstić information content (AvgIpc) is 2.81. The molecule has 0 amide bonds. The number of anilines is 1. The second-order valence-electron chi connectivity index (χ2n) is 3.03. The van der Waals surface area contributed by atoms with Crippen LogP contribution in [0.2, 0.25) is 0 Å². The second-order valence-corrected chi connectivity index (χ2v) is 4.04. The van der Waals surface area contributed by atoms with Gasteiger partial charge in [-0.1, -0.05) is 5.16 Å². The number of hydrogen-bond acceptors (Lipinski definition) is 6. The molecule has 0 aliphatic carbocycles. The van der Waals surface area contributed by atoms with E-state index in [1.165, 1.54) is 18.1 Å². The van der Waals surface area contributed by atoms with E-state index in [0.717, 1.165) is 10.6 Å². The first kappa shape index (κ1) is 10.8. The minimum Gasteiger partial charge on any atom is -0.497 e. The molecule has 0 radical (unpaired) electrons. The summed E-state index contributed by atoms with van der Waals surface area (Å²) in [5.41, 5.74) is 6.55. The number of nitrogens with zero attached hydrogens (tertiary/aromatic N) is 2. The van der Waals surface area contributed by atoms with E-state index in [1.807, 2.05) is 18.2 Å². The molecule has 0 saturated carbocycles. The van der Waals surface area contributed by atoms with Crippen molar-refractivity contribution in [1.82, 2.24) is 10.1 Å². The van der Waals surface area contributed by atoms with Crippen LogP contribution in [0.15, 0.2) is 33.9 Å². The molecule has 2 aromatic rings. The lowest BCUT2D eigenvalue weighted by Gasteiger charge is -2.06. The van der Waals surface area contributed by atoms with Gasteiger partial charge in [-0.3, -0.25) is 0 Å². The summed E-state index contributed by atoms with van der Waals surface area (Å²) in [6.45, 7) is 0. The Bertz CT molecular complexity index is 459. The summed E-state index contributed by atoms with van der Waals surface area (Å²) in [7, 11) is 1.62. The van der Waals surface area contributed by atoms with Crippen LogP contribution in [0.5, 0.6) is 5.75 Å². The van der Waals surface area contributed by atoms with Crippen molar-refractivity contribution in [1.29, 1.82) is 0 Å². The largest absolute Gasteiger partial charge is 0.497 e. The van der Waals surface area contributed by atoms with Gasteiger partial charge >= 0.3 is 0 Å². The third-order valence-corrected chi connectivity index (χ3v) is 3.03. The van der Waals surface area contributed by atoms with Gasteiger partial charge in [0.05, 0.1) is 12.9 Å². The van der Waals surface area contributed by atoms with Crippen LogP contribution in [0.25, 0.3) is 0 Å². The van der Waals surface area contributed by atoms with Crippen LogP contribution in [-0.2, 0) is 5.75 Å². The predicted octanol–water partition coefficient (Wildman–Crippen LogP) is 1.95. The molecule has 0 bridgehead atoms. The van der Waals surface area contributed by atoms with Gasteiger partial charge < -0.3 is 15.0 Å². The van der Waals surface area contributed by atoms with E-state index in [2.05, 4.69) is 10.1 Å². The van der Waals surface area contributed by atoms with Gasteiger partial charge in [0.1, 0.15) is 5.75 Å². The van der Waals surface area contributed by atoms with Gasteiger partial charge in [0, 0.05) is 10.6 Å². The van der Waals surface area contributed by atoms with Crippen LogP contribution >= 0.6 is 11.8 Å². The number of hydrogen-bond donors (Lipinski definition) is 1. The second kappa shape index (κ2) is 4.89. The molecule has 5 nitrogen and oxygen atoms in total. The average molecular weight is 237 g/mol. The normalized spacial score (nSPS) is 10.3. The Morgan fingerprint density at radius 3 is 3.06 bits per heavy atom. The Morgan fingerprint density at radius 1 is 1.50 bits per heavy atom. The number of thioether (sulfide) groups is 1. The Kier molecular flexibility index (Phi) is 3.31. The van der Waals surface area contributed by atoms with Crippen molar-refractivity contribution >= 4 is 17.4 Å². The molecule has 0 spiro atoms. The van der Waals surface area contributed by atoms with E-state index < -0.39 is 0 Å². The maximum Gasteiger partial charge on any atom is 0.236 e. The van der Waals surface area contributed by atoms with Crippen LogP contribution in [0.4, 0.5) is 5.69 Å². The highest BCUT2D eigenvalue weighted by atomic mass is 32.2. The highest BCUT2D eigenvalue weighted by Gasteiger charge is 2.05. The molecule has 1 heterocycles. The molecule has 0 aliphatic rings. The van der Waals surface area contributed by atoms with Gasteiger partial charge in [-0.15, -0.1) is 11.8 Å². The van der Waals surface area contributed by atoms with Crippen molar-refractivity contribution in [2.75, 3.05) is 12.8 Å². The fourth-order valence-electron chi connectivity index (χ4n) is 1.17. The molecular formula is C10H11N3O2S. The lowest BCUT2D eigenvalue weighted by molar-refractivity contribution is 0.390. The van der Waals surface area contributed by atoms with Gasteiger partial charge in [0.2, 0.25) is 5.89 Å². The molecule has 16 heavy (non-hydrogen) atoms. The summed E-state index contributed by atoms with van der Waals surface area (Å²) in [6, 6.07) is 5.53. The number of nitrogen functional groups attached to an aromatic ring is 1. The number of nitrogens with two attached hydrogens (primary N) is 1. The first-order chi connectivity index (χ1) is 7.79. The molecule has 0 atom stereocenters. The summed E-state index contributed by atoms with van der Waals surface area (Å²) in [6.07, 6.45) is 1.38. The highest BCUT2D eigenvalue weighted by Crippen LogP contribution is 2.30. The van der Waals surface area contributed by atoms with Crippen molar-refractivity contribution in [2.45, 2.75) is 10.6 Å². The predicted molar refractivity (Wildman–Crippen MR) is 61.3 cm³/mol. The number of benzene rings is 1. The van der Waals surface area contributed by atoms with Gasteiger partial charge in [-0.2, -0.15) is 4.98 Å². The van der Waals surface area contributed by atoms with E-state index in [1.54, 1.807) is 7.11 Å². The summed E-state index contributed by atoms with van der Waals surface area (Å²) in [4.78, 5) is 4.88. The van der Waals surface area contributed by atoms with Gasteiger partial charge in [0.15, 0.2) is 6.33 Å². The highest BCUT2D eigenvalue weighted by molar-refractivity contribution is 7.98. The van der Waals surface area contributed by atoms with Gasteiger partial charge in [0.25, 0.3) is 0 Å². The molecule has 0 saturated heterocycles. The standard InChI is InChI=1S/C10H11N3O2S/c1-14-7-2-3-8(11)9(4-7)16-5-10-12-6-13-15-10/h2-4,6H,5,11H2,1H3. The monoisotopic (exact) mass is 237 g/mol. The zero-order valence-electron chi connectivity index (χ0n) is 8.71. The smallest absolute Gasteiger partial charge is 0.236 e. The number of ether oxygens (including phenoxy) is 1. The summed E-state index contributed by atoms with van der Waals surface area (Å²) >= 11 is 1.53. The topological polar surface area (TPSA) is 74.2 Å². The van der Waals surface area contributed by atoms with E-state index in [0.29, 0.717) is 17.3 Å². The number of aromatic nitrogens is 2. The lowest BCUT2D eigenvalue weighted by atomic mass is 10.3. The fourth-order valence-corrected chi connectivity index (χ4v) is 2.01. The summed E-state index contributed by atoms with van der Waals surface area (Å²) in [5, 5.41) is 3.54. The lowest BCUT2D eigenvalue weighted by Crippen LogP contribution is -1.91. The molecular weight excluding hydrogens is 226 g/mol. The Hall–Kier alpha value is -1.69. The zero-order chi connectivity index (χ0) is 11.4. The van der Waals surface area contributed by atoms with Crippen molar-refractivity contribution in [3.05, 3.63) is 30.4 Å². The Morgan fingerprint density at radius 2 is 2.38 bits per heavy atom. The first-order valence-corrected chi connectivity index (χ1v) is 5.60. The fraction of sp³-hybridized carbons (Fsp3) is 0.200. The first-order valence-electron chi connectivity index (χ1n) is 4.61. The molecule has 1 aromatic heterocycles. The molecule has 84 valence electrons. The molecule has 0 aliphatic heterocycles. The molecule has 2 rings (SSSR count). The minimum absolute atomic E-state index is 0.576. The Labute approximate surface area is 97.0 Å². The van der Waals surface area contributed by atoms with Gasteiger partial charge in [-0.05, 0) is 18.2 Å². The van der Waals surface area contributed by atoms with Crippen LogP contribution in [-0.4, -0.2) is 17.3 Å².